The number of amides is 1. The first-order chi connectivity index (χ1) is 17.5. The van der Waals surface area contributed by atoms with Crippen molar-refractivity contribution < 1.29 is 9.53 Å². The number of hydrogen-bond acceptors (Lipinski definition) is 9. The van der Waals surface area contributed by atoms with Crippen LogP contribution in [0.5, 0.6) is 0 Å². The molecule has 3 aromatic heterocycles. The van der Waals surface area contributed by atoms with E-state index in [9.17, 15) is 4.79 Å². The van der Waals surface area contributed by atoms with E-state index < -0.39 is 6.09 Å². The third kappa shape index (κ3) is 5.67. The third-order valence-corrected chi connectivity index (χ3v) is 6.19. The summed E-state index contributed by atoms with van der Waals surface area (Å²) in [5, 5.41) is 2.62. The lowest BCUT2D eigenvalue weighted by molar-refractivity contribution is 0.167. The van der Waals surface area contributed by atoms with Gasteiger partial charge in [0.2, 0.25) is 11.9 Å². The van der Waals surface area contributed by atoms with Crippen molar-refractivity contribution in [3.05, 3.63) is 43.0 Å². The number of imidazole rings is 1. The van der Waals surface area contributed by atoms with Crippen LogP contribution in [-0.4, -0.2) is 79.7 Å². The van der Waals surface area contributed by atoms with E-state index in [0.717, 1.165) is 54.3 Å². The number of hydrogen-bond donors (Lipinski definition) is 2. The molecule has 1 aliphatic heterocycles. The predicted molar refractivity (Wildman–Crippen MR) is 144 cm³/mol. The molecule has 1 saturated heterocycles. The second-order valence-corrected chi connectivity index (χ2v) is 8.81. The quantitative estimate of drug-likeness (QED) is 0.398. The molecule has 11 nitrogen and oxygen atoms in total. The zero-order valence-electron chi connectivity index (χ0n) is 20.6. The van der Waals surface area contributed by atoms with E-state index in [-0.39, 0.29) is 20.0 Å². The Labute approximate surface area is 216 Å². The summed E-state index contributed by atoms with van der Waals surface area (Å²) < 4.78 is 4.97. The number of H-pyrrole nitrogens is 1. The molecule has 0 bridgehead atoms. The molecule has 0 atom stereocenters. The van der Waals surface area contributed by atoms with E-state index >= 15 is 0 Å². The lowest BCUT2D eigenvalue weighted by atomic mass is 10.0. The van der Waals surface area contributed by atoms with Crippen LogP contribution in [0.3, 0.4) is 0 Å². The summed E-state index contributed by atoms with van der Waals surface area (Å²) in [7, 11) is 0. The van der Waals surface area contributed by atoms with Gasteiger partial charge in [-0.2, -0.15) is 0 Å². The van der Waals surface area contributed by atoms with Gasteiger partial charge < -0.3 is 14.6 Å². The Balaban J connectivity index is 0.00000320. The number of carbonyl (C=O) groups excluding carboxylic acids is 1. The number of fused-ring (bicyclic) bond motifs is 1. The van der Waals surface area contributed by atoms with Crippen LogP contribution in [0.2, 0.25) is 0 Å². The lowest BCUT2D eigenvalue weighted by Gasteiger charge is -2.36. The number of ether oxygens (including phenoxy) is 1. The van der Waals surface area contributed by atoms with E-state index in [1.54, 1.807) is 25.4 Å². The molecule has 4 heterocycles. The van der Waals surface area contributed by atoms with Gasteiger partial charge in [0.1, 0.15) is 5.52 Å². The number of rotatable bonds is 6. The molecule has 37 heavy (non-hydrogen) atoms. The molecule has 0 unspecified atom stereocenters. The van der Waals surface area contributed by atoms with Crippen molar-refractivity contribution in [1.29, 1.82) is 0 Å². The number of aromatic nitrogens is 6. The van der Waals surface area contributed by atoms with Gasteiger partial charge in [-0.3, -0.25) is 10.2 Å². The Morgan fingerprint density at radius 1 is 1.05 bits per heavy atom. The van der Waals surface area contributed by atoms with Crippen molar-refractivity contribution in [2.45, 2.75) is 34.2 Å². The highest BCUT2D eigenvalue weighted by molar-refractivity contribution is 5.96. The number of nitrogens with zero attached hydrogens (tertiary/aromatic N) is 7. The van der Waals surface area contributed by atoms with Gasteiger partial charge in [0, 0.05) is 68.1 Å². The minimum absolute atomic E-state index is 0. The maximum Gasteiger partial charge on any atom is 0.413 e. The third-order valence-electron chi connectivity index (χ3n) is 6.19. The van der Waals surface area contributed by atoms with Crippen molar-refractivity contribution >= 4 is 29.0 Å². The Kier molecular flexibility index (Phi) is 7.92. The van der Waals surface area contributed by atoms with Crippen LogP contribution in [0.15, 0.2) is 43.0 Å². The number of benzene rings is 1. The van der Waals surface area contributed by atoms with E-state index in [4.69, 9.17) is 4.74 Å². The molecule has 194 valence electrons. The predicted octanol–water partition coefficient (Wildman–Crippen LogP) is 4.21. The first-order valence-electron chi connectivity index (χ1n) is 12.1. The minimum Gasteiger partial charge on any atom is -0.450 e. The summed E-state index contributed by atoms with van der Waals surface area (Å²) in [6.45, 7) is 10.3. The molecule has 5 rings (SSSR count). The largest absolute Gasteiger partial charge is 0.450 e. The van der Waals surface area contributed by atoms with Crippen LogP contribution >= 0.6 is 0 Å². The smallest absolute Gasteiger partial charge is 0.413 e. The van der Waals surface area contributed by atoms with Crippen LogP contribution < -0.4 is 10.2 Å². The van der Waals surface area contributed by atoms with Crippen LogP contribution in [0.25, 0.3) is 33.5 Å². The maximum atomic E-state index is 11.9. The molecule has 4 aromatic rings. The standard InChI is InChI=1S/C25H29N9O2.CH4/c1-4-36-25(35)32-23-30-20-13-17(12-19(21(20)31-23)22-26-6-5-7-27-22)18-14-28-24(29-15-18)34-10-8-33(9-11-34)16(2)3;/h5-7,12-16H,4,8-11H2,1-3H3,(H2,30,31,32,35);1H4. The maximum absolute atomic E-state index is 11.9. The zero-order chi connectivity index (χ0) is 25.1. The van der Waals surface area contributed by atoms with E-state index in [1.165, 1.54) is 0 Å². The fourth-order valence-corrected chi connectivity index (χ4v) is 4.29. The summed E-state index contributed by atoms with van der Waals surface area (Å²) >= 11 is 0. The Hall–Kier alpha value is -4.12. The summed E-state index contributed by atoms with van der Waals surface area (Å²) in [6, 6.07) is 6.22. The molecule has 0 radical (unpaired) electrons. The number of aromatic amines is 1. The highest BCUT2D eigenvalue weighted by Gasteiger charge is 2.21. The topological polar surface area (TPSA) is 125 Å². The van der Waals surface area contributed by atoms with Gasteiger partial charge in [-0.05, 0) is 44.5 Å². The van der Waals surface area contributed by atoms with Gasteiger partial charge in [-0.25, -0.2) is 29.7 Å². The van der Waals surface area contributed by atoms with Crippen LogP contribution in [0, 0.1) is 0 Å². The monoisotopic (exact) mass is 503 g/mol. The van der Waals surface area contributed by atoms with Crippen molar-refractivity contribution in [3.63, 3.8) is 0 Å². The number of anilines is 2. The van der Waals surface area contributed by atoms with Crippen molar-refractivity contribution in [2.75, 3.05) is 43.0 Å². The van der Waals surface area contributed by atoms with Crippen LogP contribution in [0.4, 0.5) is 16.7 Å². The SMILES string of the molecule is C.CCOC(=O)Nc1nc2c(-c3ncccn3)cc(-c3cnc(N4CCN(C(C)C)CC4)nc3)cc2[nH]1. The van der Waals surface area contributed by atoms with Crippen molar-refractivity contribution in [2.24, 2.45) is 0 Å². The van der Waals surface area contributed by atoms with Crippen LogP contribution in [0.1, 0.15) is 28.2 Å². The Morgan fingerprint density at radius 3 is 2.41 bits per heavy atom. The van der Waals surface area contributed by atoms with Crippen molar-refractivity contribution in [3.8, 4) is 22.5 Å². The number of carbonyl (C=O) groups is 1. The van der Waals surface area contributed by atoms with Gasteiger partial charge in [-0.1, -0.05) is 7.43 Å². The minimum atomic E-state index is -0.576. The second-order valence-electron chi connectivity index (χ2n) is 8.81. The van der Waals surface area contributed by atoms with Gasteiger partial charge in [0.05, 0.1) is 12.1 Å². The molecule has 2 N–H and O–H groups in total. The molecular weight excluding hydrogens is 470 g/mol. The second kappa shape index (κ2) is 11.3. The Bertz CT molecular complexity index is 1330. The first-order valence-corrected chi connectivity index (χ1v) is 12.1. The molecule has 1 aliphatic rings. The molecule has 0 saturated carbocycles. The molecule has 1 fully saturated rings. The fraction of sp³-hybridized carbons (Fsp3) is 0.385. The molecule has 1 aromatic carbocycles. The van der Waals surface area contributed by atoms with E-state index in [2.05, 4.69) is 58.9 Å². The normalized spacial score (nSPS) is 14.0. The first kappa shape index (κ1) is 26.0. The van der Waals surface area contributed by atoms with Gasteiger partial charge in [-0.15, -0.1) is 0 Å². The number of piperazine rings is 1. The summed E-state index contributed by atoms with van der Waals surface area (Å²) in [4.78, 5) is 42.4. The molecule has 0 aliphatic carbocycles. The summed E-state index contributed by atoms with van der Waals surface area (Å²) in [5.74, 6) is 1.54. The van der Waals surface area contributed by atoms with E-state index in [1.807, 2.05) is 24.5 Å². The zero-order valence-corrected chi connectivity index (χ0v) is 20.6. The fourth-order valence-electron chi connectivity index (χ4n) is 4.29. The van der Waals surface area contributed by atoms with Gasteiger partial charge >= 0.3 is 6.09 Å². The Morgan fingerprint density at radius 2 is 1.76 bits per heavy atom. The van der Waals surface area contributed by atoms with Gasteiger partial charge in [0.15, 0.2) is 5.82 Å². The summed E-state index contributed by atoms with van der Waals surface area (Å²) in [6.07, 6.45) is 6.46. The summed E-state index contributed by atoms with van der Waals surface area (Å²) in [5.41, 5.74) is 3.82. The van der Waals surface area contributed by atoms with Crippen LogP contribution in [-0.2, 0) is 4.74 Å². The molecule has 1 amide bonds. The molecule has 0 spiro atoms. The lowest BCUT2D eigenvalue weighted by Crippen LogP contribution is -2.49. The van der Waals surface area contributed by atoms with Crippen molar-refractivity contribution in [1.82, 2.24) is 34.8 Å². The average molecular weight is 504 g/mol. The molecule has 11 heteroatoms. The average Bonchev–Trinajstić information content (AvgIpc) is 3.31. The highest BCUT2D eigenvalue weighted by atomic mass is 16.5. The highest BCUT2D eigenvalue weighted by Crippen LogP contribution is 2.32. The van der Waals surface area contributed by atoms with Gasteiger partial charge in [0.25, 0.3) is 0 Å². The van der Waals surface area contributed by atoms with E-state index in [0.29, 0.717) is 17.4 Å². The molecular formula is C26H33N9O2. The number of nitrogens with one attached hydrogen (secondary N) is 2.